The fourth-order valence-electron chi connectivity index (χ4n) is 2.65. The summed E-state index contributed by atoms with van der Waals surface area (Å²) >= 11 is 0. The van der Waals surface area contributed by atoms with Crippen LogP contribution in [0, 0.1) is 0 Å². The van der Waals surface area contributed by atoms with Crippen LogP contribution in [0.2, 0.25) is 0 Å². The molecule has 0 aliphatic heterocycles. The minimum Gasteiger partial charge on any atom is -0.497 e. The van der Waals surface area contributed by atoms with Gasteiger partial charge in [0.15, 0.2) is 0 Å². The molecule has 0 heterocycles. The Balaban J connectivity index is 1.70. The number of benzene rings is 3. The second-order valence-electron chi connectivity index (χ2n) is 5.82. The van der Waals surface area contributed by atoms with Crippen molar-refractivity contribution in [2.75, 3.05) is 7.11 Å². The van der Waals surface area contributed by atoms with Gasteiger partial charge in [-0.05, 0) is 47.5 Å². The summed E-state index contributed by atoms with van der Waals surface area (Å²) in [6, 6.07) is 24.7. The molecule has 0 spiro atoms. The van der Waals surface area contributed by atoms with Crippen molar-refractivity contribution in [3.63, 3.8) is 0 Å². The van der Waals surface area contributed by atoms with E-state index in [-0.39, 0.29) is 11.9 Å². The molecule has 3 aromatic carbocycles. The lowest BCUT2D eigenvalue weighted by Crippen LogP contribution is -2.08. The first kappa shape index (κ1) is 16.8. The Bertz CT molecular complexity index is 821. The third-order valence-electron chi connectivity index (χ3n) is 4.22. The summed E-state index contributed by atoms with van der Waals surface area (Å²) in [4.78, 5) is 12.1. The lowest BCUT2D eigenvalue weighted by Gasteiger charge is -2.14. The van der Waals surface area contributed by atoms with E-state index in [9.17, 15) is 4.79 Å². The molecule has 3 rings (SSSR count). The fourth-order valence-corrected chi connectivity index (χ4v) is 2.65. The smallest absolute Gasteiger partial charge is 0.343 e. The Morgan fingerprint density at radius 1 is 0.760 bits per heavy atom. The predicted octanol–water partition coefficient (Wildman–Crippen LogP) is 5.07. The van der Waals surface area contributed by atoms with E-state index in [1.807, 2.05) is 54.6 Å². The summed E-state index contributed by atoms with van der Waals surface area (Å²) < 4.78 is 10.6. The van der Waals surface area contributed by atoms with Crippen LogP contribution in [-0.2, 0) is 0 Å². The zero-order valence-corrected chi connectivity index (χ0v) is 14.3. The lowest BCUT2D eigenvalue weighted by molar-refractivity contribution is 0.0734. The first-order valence-electron chi connectivity index (χ1n) is 8.18. The minimum atomic E-state index is -0.350. The van der Waals surface area contributed by atoms with E-state index in [0.717, 1.165) is 11.3 Å². The number of esters is 1. The molecule has 0 fully saturated rings. The van der Waals surface area contributed by atoms with Crippen LogP contribution >= 0.6 is 0 Å². The van der Waals surface area contributed by atoms with Gasteiger partial charge in [0.25, 0.3) is 0 Å². The number of methoxy groups -OCH3 is 1. The van der Waals surface area contributed by atoms with Gasteiger partial charge in [-0.2, -0.15) is 0 Å². The average molecular weight is 332 g/mol. The molecular formula is C22H20O3. The Hall–Kier alpha value is -3.07. The molecule has 1 atom stereocenters. The Labute approximate surface area is 147 Å². The molecule has 3 heteroatoms. The molecule has 0 aliphatic rings. The highest BCUT2D eigenvalue weighted by Gasteiger charge is 2.11. The number of carbonyl (C=O) groups is 1. The monoisotopic (exact) mass is 332 g/mol. The summed E-state index contributed by atoms with van der Waals surface area (Å²) in [5.74, 6) is 1.28. The average Bonchev–Trinajstić information content (AvgIpc) is 2.69. The minimum absolute atomic E-state index is 0.241. The number of carbonyl (C=O) groups excluding carboxylic acids is 1. The number of ether oxygens (including phenoxy) is 2. The summed E-state index contributed by atoms with van der Waals surface area (Å²) in [6.07, 6.45) is 0. The zero-order chi connectivity index (χ0) is 17.6. The second-order valence-corrected chi connectivity index (χ2v) is 5.82. The molecule has 0 amide bonds. The van der Waals surface area contributed by atoms with E-state index in [4.69, 9.17) is 9.47 Å². The van der Waals surface area contributed by atoms with E-state index >= 15 is 0 Å². The highest BCUT2D eigenvalue weighted by molar-refractivity contribution is 5.90. The first-order valence-corrected chi connectivity index (χ1v) is 8.18. The van der Waals surface area contributed by atoms with E-state index in [1.165, 1.54) is 5.56 Å². The topological polar surface area (TPSA) is 35.5 Å². The van der Waals surface area contributed by atoms with Crippen LogP contribution in [0.3, 0.4) is 0 Å². The van der Waals surface area contributed by atoms with Crippen molar-refractivity contribution in [1.82, 2.24) is 0 Å². The molecule has 0 aliphatic carbocycles. The van der Waals surface area contributed by atoms with Crippen LogP contribution < -0.4 is 9.47 Å². The molecule has 0 radical (unpaired) electrons. The molecule has 126 valence electrons. The van der Waals surface area contributed by atoms with Crippen molar-refractivity contribution >= 4 is 5.97 Å². The fraction of sp³-hybridized carbons (Fsp3) is 0.136. The van der Waals surface area contributed by atoms with Gasteiger partial charge in [0, 0.05) is 5.92 Å². The second kappa shape index (κ2) is 7.67. The van der Waals surface area contributed by atoms with Crippen LogP contribution in [0.5, 0.6) is 11.5 Å². The maximum absolute atomic E-state index is 12.1. The maximum atomic E-state index is 12.1. The first-order chi connectivity index (χ1) is 12.2. The number of hydrogen-bond donors (Lipinski definition) is 0. The normalized spacial score (nSPS) is 11.6. The SMILES string of the molecule is COc1ccc(C(C)c2ccc(OC(=O)c3ccccc3)cc2)cc1. The van der Waals surface area contributed by atoms with Crippen molar-refractivity contribution in [2.45, 2.75) is 12.8 Å². The Kier molecular flexibility index (Phi) is 5.14. The van der Waals surface area contributed by atoms with E-state index in [0.29, 0.717) is 11.3 Å². The van der Waals surface area contributed by atoms with Gasteiger partial charge in [-0.25, -0.2) is 4.79 Å². The molecular weight excluding hydrogens is 312 g/mol. The third-order valence-corrected chi connectivity index (χ3v) is 4.22. The molecule has 3 nitrogen and oxygen atoms in total. The van der Waals surface area contributed by atoms with Crippen LogP contribution in [0.1, 0.15) is 34.3 Å². The summed E-state index contributed by atoms with van der Waals surface area (Å²) in [5.41, 5.74) is 2.90. The zero-order valence-electron chi connectivity index (χ0n) is 14.3. The quantitative estimate of drug-likeness (QED) is 0.483. The number of hydrogen-bond acceptors (Lipinski definition) is 3. The van der Waals surface area contributed by atoms with E-state index in [1.54, 1.807) is 19.2 Å². The van der Waals surface area contributed by atoms with Gasteiger partial charge in [-0.15, -0.1) is 0 Å². The van der Waals surface area contributed by atoms with Crippen molar-refractivity contribution in [2.24, 2.45) is 0 Å². The van der Waals surface area contributed by atoms with Gasteiger partial charge < -0.3 is 9.47 Å². The highest BCUT2D eigenvalue weighted by atomic mass is 16.5. The molecule has 0 saturated heterocycles. The molecule has 1 unspecified atom stereocenters. The maximum Gasteiger partial charge on any atom is 0.343 e. The van der Waals surface area contributed by atoms with Crippen molar-refractivity contribution in [1.29, 1.82) is 0 Å². The van der Waals surface area contributed by atoms with Crippen molar-refractivity contribution in [3.05, 3.63) is 95.6 Å². The Morgan fingerprint density at radius 2 is 1.28 bits per heavy atom. The predicted molar refractivity (Wildman–Crippen MR) is 98.4 cm³/mol. The van der Waals surface area contributed by atoms with Gasteiger partial charge in [0.2, 0.25) is 0 Å². The Morgan fingerprint density at radius 3 is 1.80 bits per heavy atom. The van der Waals surface area contributed by atoms with Gasteiger partial charge in [-0.3, -0.25) is 0 Å². The van der Waals surface area contributed by atoms with Crippen LogP contribution in [0.4, 0.5) is 0 Å². The number of rotatable bonds is 5. The largest absolute Gasteiger partial charge is 0.497 e. The van der Waals surface area contributed by atoms with Crippen LogP contribution in [-0.4, -0.2) is 13.1 Å². The third kappa shape index (κ3) is 4.07. The van der Waals surface area contributed by atoms with Gasteiger partial charge >= 0.3 is 5.97 Å². The van der Waals surface area contributed by atoms with E-state index in [2.05, 4.69) is 19.1 Å². The van der Waals surface area contributed by atoms with E-state index < -0.39 is 0 Å². The molecule has 0 aromatic heterocycles. The molecule has 0 bridgehead atoms. The lowest BCUT2D eigenvalue weighted by atomic mass is 9.93. The van der Waals surface area contributed by atoms with Crippen LogP contribution in [0.15, 0.2) is 78.9 Å². The molecule has 0 N–H and O–H groups in total. The molecule has 3 aromatic rings. The van der Waals surface area contributed by atoms with Gasteiger partial charge in [0.05, 0.1) is 12.7 Å². The molecule has 25 heavy (non-hydrogen) atoms. The molecule has 0 saturated carbocycles. The standard InChI is InChI=1S/C22H20O3/c1-16(17-8-12-20(24-2)13-9-17)18-10-14-21(15-11-18)25-22(23)19-6-4-3-5-7-19/h3-16H,1-2H3. The van der Waals surface area contributed by atoms with Crippen molar-refractivity contribution in [3.8, 4) is 11.5 Å². The highest BCUT2D eigenvalue weighted by Crippen LogP contribution is 2.27. The van der Waals surface area contributed by atoms with Crippen molar-refractivity contribution < 1.29 is 14.3 Å². The van der Waals surface area contributed by atoms with Gasteiger partial charge in [-0.1, -0.05) is 49.4 Å². The van der Waals surface area contributed by atoms with Gasteiger partial charge in [0.1, 0.15) is 11.5 Å². The summed E-state index contributed by atoms with van der Waals surface area (Å²) in [6.45, 7) is 2.15. The van der Waals surface area contributed by atoms with Crippen LogP contribution in [0.25, 0.3) is 0 Å². The summed E-state index contributed by atoms with van der Waals surface area (Å²) in [5, 5.41) is 0. The summed E-state index contributed by atoms with van der Waals surface area (Å²) in [7, 11) is 1.66.